The van der Waals surface area contributed by atoms with Crippen LogP contribution in [0, 0.1) is 11.8 Å². The average Bonchev–Trinajstić information content (AvgIpc) is 3.42. The predicted molar refractivity (Wildman–Crippen MR) is 176 cm³/mol. The van der Waals surface area contributed by atoms with Gasteiger partial charge in [0.25, 0.3) is 5.91 Å². The van der Waals surface area contributed by atoms with E-state index < -0.39 is 15.9 Å². The first-order chi connectivity index (χ1) is 21.0. The van der Waals surface area contributed by atoms with Crippen molar-refractivity contribution < 1.29 is 27.4 Å². The number of methoxy groups -OCH3 is 3. The molecule has 2 heterocycles. The van der Waals surface area contributed by atoms with Gasteiger partial charge in [0.1, 0.15) is 0 Å². The first-order valence-electron chi connectivity index (χ1n) is 13.9. The molecule has 4 aromatic rings. The fraction of sp³-hybridized carbons (Fsp3) is 0.323. The number of fused-ring (bicyclic) bond motifs is 1. The lowest BCUT2D eigenvalue weighted by Gasteiger charge is -2.34. The number of anilines is 1. The van der Waals surface area contributed by atoms with Gasteiger partial charge in [0.05, 0.1) is 42.7 Å². The molecule has 3 aromatic carbocycles. The standard InChI is InChI=1S/C31H33BrN4O6S2/c1-19-12-20(2)18-35(17-19)44(38,39)24-9-6-22(7-10-24)30(37)36(31-34-25-11-8-23(32)15-28(25)43-31)33-16-21-13-26(40-3)29(42-5)27(14-21)41-4/h6-11,13-16,19-20H,12,17-18H2,1-5H3/b33-16+. The summed E-state index contributed by atoms with van der Waals surface area (Å²) in [4.78, 5) is 18.7. The Morgan fingerprint density at radius 1 is 1.00 bits per heavy atom. The van der Waals surface area contributed by atoms with Crippen LogP contribution in [0.3, 0.4) is 0 Å². The zero-order valence-electron chi connectivity index (χ0n) is 25.0. The third kappa shape index (κ3) is 6.60. The van der Waals surface area contributed by atoms with Crippen LogP contribution < -0.4 is 19.2 Å². The highest BCUT2D eigenvalue weighted by Crippen LogP contribution is 2.38. The fourth-order valence-electron chi connectivity index (χ4n) is 5.31. The third-order valence-electron chi connectivity index (χ3n) is 7.30. The number of rotatable bonds is 9. The number of aromatic nitrogens is 1. The first-order valence-corrected chi connectivity index (χ1v) is 16.9. The van der Waals surface area contributed by atoms with Crippen molar-refractivity contribution >= 4 is 64.8 Å². The van der Waals surface area contributed by atoms with Crippen LogP contribution in [-0.4, -0.2) is 64.2 Å². The molecule has 1 saturated heterocycles. The summed E-state index contributed by atoms with van der Waals surface area (Å²) in [5.74, 6) is 1.38. The van der Waals surface area contributed by atoms with E-state index in [-0.39, 0.29) is 22.3 Å². The molecule has 1 aliphatic rings. The van der Waals surface area contributed by atoms with Crippen molar-refractivity contribution in [2.45, 2.75) is 25.2 Å². The number of nitrogens with zero attached hydrogens (tertiary/aromatic N) is 4. The maximum atomic E-state index is 13.9. The van der Waals surface area contributed by atoms with Crippen LogP contribution in [0.25, 0.3) is 10.2 Å². The third-order valence-corrected chi connectivity index (χ3v) is 10.6. The van der Waals surface area contributed by atoms with Gasteiger partial charge in [-0.15, -0.1) is 0 Å². The molecular formula is C31H33BrN4O6S2. The van der Waals surface area contributed by atoms with Crippen LogP contribution in [0.1, 0.15) is 36.2 Å². The lowest BCUT2D eigenvalue weighted by Crippen LogP contribution is -2.42. The minimum Gasteiger partial charge on any atom is -0.493 e. The number of hydrogen-bond donors (Lipinski definition) is 0. The monoisotopic (exact) mass is 700 g/mol. The molecule has 1 amide bonds. The molecule has 13 heteroatoms. The van der Waals surface area contributed by atoms with E-state index in [1.54, 1.807) is 12.1 Å². The number of amides is 1. The van der Waals surface area contributed by atoms with Gasteiger partial charge in [-0.1, -0.05) is 41.1 Å². The molecule has 0 aliphatic carbocycles. The second-order valence-corrected chi connectivity index (χ2v) is 14.6. The van der Waals surface area contributed by atoms with Crippen LogP contribution in [0.4, 0.5) is 5.13 Å². The lowest BCUT2D eigenvalue weighted by molar-refractivity contribution is 0.0987. The van der Waals surface area contributed by atoms with E-state index in [0.29, 0.717) is 46.5 Å². The van der Waals surface area contributed by atoms with Crippen molar-refractivity contribution in [2.24, 2.45) is 16.9 Å². The maximum Gasteiger partial charge on any atom is 0.280 e. The van der Waals surface area contributed by atoms with Crippen molar-refractivity contribution in [3.63, 3.8) is 0 Å². The number of sulfonamides is 1. The van der Waals surface area contributed by atoms with Crippen LogP contribution in [0.5, 0.6) is 17.2 Å². The summed E-state index contributed by atoms with van der Waals surface area (Å²) in [6.07, 6.45) is 2.50. The number of ether oxygens (including phenoxy) is 3. The van der Waals surface area contributed by atoms with Gasteiger partial charge in [-0.3, -0.25) is 4.79 Å². The van der Waals surface area contributed by atoms with E-state index in [4.69, 9.17) is 14.2 Å². The summed E-state index contributed by atoms with van der Waals surface area (Å²) in [5, 5.41) is 6.10. The number of carbonyl (C=O) groups is 1. The zero-order valence-corrected chi connectivity index (χ0v) is 28.2. The largest absolute Gasteiger partial charge is 0.493 e. The fourth-order valence-corrected chi connectivity index (χ4v) is 8.46. The molecule has 0 radical (unpaired) electrons. The van der Waals surface area contributed by atoms with E-state index in [1.165, 1.54) is 72.5 Å². The molecule has 5 rings (SSSR count). The van der Waals surface area contributed by atoms with Crippen molar-refractivity contribution in [1.29, 1.82) is 0 Å². The summed E-state index contributed by atoms with van der Waals surface area (Å²) >= 11 is 4.79. The molecule has 2 atom stereocenters. The molecule has 44 heavy (non-hydrogen) atoms. The van der Waals surface area contributed by atoms with E-state index in [1.807, 2.05) is 18.2 Å². The minimum absolute atomic E-state index is 0.146. The van der Waals surface area contributed by atoms with Crippen LogP contribution in [0.15, 0.2) is 69.1 Å². The highest BCUT2D eigenvalue weighted by atomic mass is 79.9. The Labute approximate surface area is 269 Å². The number of hydrazone groups is 1. The molecule has 1 aromatic heterocycles. The zero-order chi connectivity index (χ0) is 31.6. The lowest BCUT2D eigenvalue weighted by atomic mass is 9.94. The van der Waals surface area contributed by atoms with Gasteiger partial charge < -0.3 is 14.2 Å². The van der Waals surface area contributed by atoms with Crippen LogP contribution >= 0.6 is 27.3 Å². The first kappa shape index (κ1) is 31.9. The summed E-state index contributed by atoms with van der Waals surface area (Å²) in [6.45, 7) is 5.08. The number of benzene rings is 3. The van der Waals surface area contributed by atoms with Crippen LogP contribution in [0.2, 0.25) is 0 Å². The Balaban J connectivity index is 1.50. The molecule has 0 bridgehead atoms. The number of carbonyl (C=O) groups excluding carboxylic acids is 1. The Hall–Kier alpha value is -3.52. The SMILES string of the molecule is COc1cc(/C=N/N(C(=O)c2ccc(S(=O)(=O)N3CC(C)CC(C)C3)cc2)c2nc3ccc(Br)cc3s2)cc(OC)c1OC. The van der Waals surface area contributed by atoms with E-state index in [9.17, 15) is 13.2 Å². The summed E-state index contributed by atoms with van der Waals surface area (Å²) in [7, 11) is 0.854. The van der Waals surface area contributed by atoms with Gasteiger partial charge in [-0.2, -0.15) is 14.4 Å². The number of halogens is 1. The molecule has 232 valence electrons. The van der Waals surface area contributed by atoms with Crippen molar-refractivity contribution in [3.05, 3.63) is 70.2 Å². The minimum atomic E-state index is -3.70. The second kappa shape index (κ2) is 13.2. The Kier molecular flexibility index (Phi) is 9.59. The van der Waals surface area contributed by atoms with Crippen molar-refractivity contribution in [3.8, 4) is 17.2 Å². The smallest absolute Gasteiger partial charge is 0.280 e. The number of thiazole rings is 1. The van der Waals surface area contributed by atoms with Gasteiger partial charge in [-0.05, 0) is 72.9 Å². The van der Waals surface area contributed by atoms with Crippen LogP contribution in [-0.2, 0) is 10.0 Å². The average molecular weight is 702 g/mol. The predicted octanol–water partition coefficient (Wildman–Crippen LogP) is 6.43. The highest BCUT2D eigenvalue weighted by molar-refractivity contribution is 9.10. The normalized spacial score (nSPS) is 17.6. The summed E-state index contributed by atoms with van der Waals surface area (Å²) in [6, 6.07) is 15.1. The topological polar surface area (TPSA) is 111 Å². The Bertz CT molecular complexity index is 1770. The molecule has 0 N–H and O–H groups in total. The Morgan fingerprint density at radius 2 is 1.64 bits per heavy atom. The van der Waals surface area contributed by atoms with Crippen molar-refractivity contribution in [2.75, 3.05) is 39.4 Å². The summed E-state index contributed by atoms with van der Waals surface area (Å²) < 4.78 is 46.4. The van der Waals surface area contributed by atoms with Gasteiger partial charge in [-0.25, -0.2) is 13.4 Å². The molecule has 2 unspecified atom stereocenters. The molecule has 10 nitrogen and oxygen atoms in total. The Morgan fingerprint density at radius 3 is 2.23 bits per heavy atom. The number of piperidine rings is 1. The molecule has 1 fully saturated rings. The van der Waals surface area contributed by atoms with E-state index in [2.05, 4.69) is 39.9 Å². The van der Waals surface area contributed by atoms with Gasteiger partial charge in [0.15, 0.2) is 11.5 Å². The van der Waals surface area contributed by atoms with E-state index >= 15 is 0 Å². The second-order valence-electron chi connectivity index (χ2n) is 10.7. The molecule has 1 aliphatic heterocycles. The molecule has 0 spiro atoms. The van der Waals surface area contributed by atoms with Gasteiger partial charge in [0, 0.05) is 28.7 Å². The van der Waals surface area contributed by atoms with E-state index in [0.717, 1.165) is 15.6 Å². The van der Waals surface area contributed by atoms with Gasteiger partial charge >= 0.3 is 0 Å². The maximum absolute atomic E-state index is 13.9. The quantitative estimate of drug-likeness (QED) is 0.146. The molecule has 0 saturated carbocycles. The van der Waals surface area contributed by atoms with Gasteiger partial charge in [0.2, 0.25) is 20.9 Å². The van der Waals surface area contributed by atoms with Crippen molar-refractivity contribution in [1.82, 2.24) is 9.29 Å². The highest BCUT2D eigenvalue weighted by Gasteiger charge is 2.32. The summed E-state index contributed by atoms with van der Waals surface area (Å²) in [5.41, 5.74) is 1.56. The number of hydrogen-bond acceptors (Lipinski definition) is 9. The molecular weight excluding hydrogens is 668 g/mol.